The van der Waals surface area contributed by atoms with Crippen LogP contribution in [-0.2, 0) is 4.79 Å². The Hall–Kier alpha value is -1.77. The fourth-order valence-electron chi connectivity index (χ4n) is 1.96. The first-order chi connectivity index (χ1) is 7.11. The number of fused-ring (bicyclic) bond motifs is 1. The van der Waals surface area contributed by atoms with Crippen molar-refractivity contribution in [1.29, 1.82) is 0 Å². The van der Waals surface area contributed by atoms with Gasteiger partial charge in [0.15, 0.2) is 0 Å². The quantitative estimate of drug-likeness (QED) is 0.654. The van der Waals surface area contributed by atoms with Crippen LogP contribution in [0.3, 0.4) is 0 Å². The molecule has 2 rings (SSSR count). The van der Waals surface area contributed by atoms with Crippen LogP contribution >= 0.6 is 0 Å². The van der Waals surface area contributed by atoms with Crippen molar-refractivity contribution in [3.8, 4) is 0 Å². The second kappa shape index (κ2) is 3.42. The predicted octanol–water partition coefficient (Wildman–Crippen LogP) is 2.04. The smallest absolute Gasteiger partial charge is 0.224 e. The normalized spacial score (nSPS) is 18.8. The van der Waals surface area contributed by atoms with E-state index in [0.717, 1.165) is 11.3 Å². The molecule has 0 fully saturated rings. The van der Waals surface area contributed by atoms with Crippen LogP contribution in [0, 0.1) is 0 Å². The molecule has 15 heavy (non-hydrogen) atoms. The van der Waals surface area contributed by atoms with Crippen molar-refractivity contribution in [2.24, 2.45) is 0 Å². The Balaban J connectivity index is 2.60. The number of hydrogen-bond acceptors (Lipinski definition) is 2. The van der Waals surface area contributed by atoms with E-state index in [-0.39, 0.29) is 11.9 Å². The van der Waals surface area contributed by atoms with Gasteiger partial charge in [0.05, 0.1) is 11.7 Å². The molecular formula is C12H14N2O. The van der Waals surface area contributed by atoms with Crippen LogP contribution in [0.2, 0.25) is 0 Å². The van der Waals surface area contributed by atoms with E-state index in [1.807, 2.05) is 37.3 Å². The summed E-state index contributed by atoms with van der Waals surface area (Å²) < 4.78 is 0. The van der Waals surface area contributed by atoms with Crippen LogP contribution in [0.4, 0.5) is 11.4 Å². The summed E-state index contributed by atoms with van der Waals surface area (Å²) in [6, 6.07) is 5.73. The lowest BCUT2D eigenvalue weighted by atomic mass is 10.0. The highest BCUT2D eigenvalue weighted by Gasteiger charge is 2.23. The van der Waals surface area contributed by atoms with Crippen LogP contribution in [0.25, 0.3) is 6.08 Å². The van der Waals surface area contributed by atoms with Crippen molar-refractivity contribution in [1.82, 2.24) is 0 Å². The van der Waals surface area contributed by atoms with Gasteiger partial charge in [-0.25, -0.2) is 0 Å². The molecule has 1 heterocycles. The fraction of sp³-hybridized carbons (Fsp3) is 0.250. The van der Waals surface area contributed by atoms with E-state index in [1.165, 1.54) is 0 Å². The van der Waals surface area contributed by atoms with Gasteiger partial charge in [-0.05, 0) is 19.1 Å². The van der Waals surface area contributed by atoms with Gasteiger partial charge >= 0.3 is 0 Å². The minimum absolute atomic E-state index is 0.0405. The van der Waals surface area contributed by atoms with E-state index in [4.69, 9.17) is 5.73 Å². The number of rotatable bonds is 0. The Labute approximate surface area is 89.2 Å². The number of hydrogen-bond donors (Lipinski definition) is 1. The first-order valence-corrected chi connectivity index (χ1v) is 4.97. The minimum atomic E-state index is 0.0405. The number of nitrogens with zero attached hydrogens (tertiary/aromatic N) is 1. The molecule has 1 amide bonds. The number of benzene rings is 1. The lowest BCUT2D eigenvalue weighted by Crippen LogP contribution is -2.37. The highest BCUT2D eigenvalue weighted by atomic mass is 16.2. The van der Waals surface area contributed by atoms with E-state index >= 15 is 0 Å². The molecule has 0 spiro atoms. The van der Waals surface area contributed by atoms with Crippen molar-refractivity contribution in [3.05, 3.63) is 29.8 Å². The Bertz CT molecular complexity index is 437. The molecule has 2 N–H and O–H groups in total. The van der Waals surface area contributed by atoms with Crippen molar-refractivity contribution in [3.63, 3.8) is 0 Å². The van der Waals surface area contributed by atoms with Gasteiger partial charge in [-0.3, -0.25) is 4.79 Å². The molecule has 0 bridgehead atoms. The zero-order chi connectivity index (χ0) is 11.0. The zero-order valence-corrected chi connectivity index (χ0v) is 8.90. The molecule has 1 aliphatic rings. The maximum Gasteiger partial charge on any atom is 0.224 e. The highest BCUT2D eigenvalue weighted by molar-refractivity contribution is 5.98. The van der Waals surface area contributed by atoms with Gasteiger partial charge < -0.3 is 10.6 Å². The molecule has 0 saturated heterocycles. The maximum absolute atomic E-state index is 11.5. The van der Waals surface area contributed by atoms with Gasteiger partial charge in [-0.2, -0.15) is 0 Å². The maximum atomic E-state index is 11.5. The van der Waals surface area contributed by atoms with E-state index in [9.17, 15) is 4.79 Å². The summed E-state index contributed by atoms with van der Waals surface area (Å²) in [5, 5.41) is 0. The molecule has 0 aromatic heterocycles. The van der Waals surface area contributed by atoms with Gasteiger partial charge in [-0.15, -0.1) is 0 Å². The summed E-state index contributed by atoms with van der Waals surface area (Å²) in [6.07, 6.45) is 3.97. The lowest BCUT2D eigenvalue weighted by molar-refractivity contribution is -0.116. The van der Waals surface area contributed by atoms with Crippen molar-refractivity contribution >= 4 is 23.4 Å². The van der Waals surface area contributed by atoms with Gasteiger partial charge in [0.1, 0.15) is 0 Å². The van der Waals surface area contributed by atoms with E-state index in [1.54, 1.807) is 11.8 Å². The Morgan fingerprint density at radius 3 is 2.87 bits per heavy atom. The third-order valence-electron chi connectivity index (χ3n) is 2.66. The molecule has 1 unspecified atom stereocenters. The Morgan fingerprint density at radius 2 is 2.20 bits per heavy atom. The molecule has 1 atom stereocenters. The van der Waals surface area contributed by atoms with Gasteiger partial charge in [0, 0.05) is 18.2 Å². The lowest BCUT2D eigenvalue weighted by Gasteiger charge is -2.31. The van der Waals surface area contributed by atoms with Gasteiger partial charge in [-0.1, -0.05) is 18.2 Å². The number of anilines is 2. The summed E-state index contributed by atoms with van der Waals surface area (Å²) in [5.41, 5.74) is 8.41. The zero-order valence-electron chi connectivity index (χ0n) is 8.90. The van der Waals surface area contributed by atoms with Crippen LogP contribution in [0.1, 0.15) is 19.4 Å². The molecule has 0 saturated carbocycles. The minimum Gasteiger partial charge on any atom is -0.398 e. The van der Waals surface area contributed by atoms with Crippen molar-refractivity contribution in [2.75, 3.05) is 10.6 Å². The summed E-state index contributed by atoms with van der Waals surface area (Å²) in [6.45, 7) is 3.56. The SMILES string of the molecule is CC(=O)N1c2cccc(N)c2C=CC1C. The molecule has 1 aliphatic heterocycles. The molecule has 78 valence electrons. The Kier molecular flexibility index (Phi) is 2.23. The third-order valence-corrected chi connectivity index (χ3v) is 2.66. The number of nitrogen functional groups attached to an aromatic ring is 1. The summed E-state index contributed by atoms with van der Waals surface area (Å²) in [7, 11) is 0. The second-order valence-electron chi connectivity index (χ2n) is 3.77. The van der Waals surface area contributed by atoms with Crippen LogP contribution in [-0.4, -0.2) is 11.9 Å². The second-order valence-corrected chi connectivity index (χ2v) is 3.77. The van der Waals surface area contributed by atoms with Gasteiger partial charge in [0.25, 0.3) is 0 Å². The van der Waals surface area contributed by atoms with E-state index in [0.29, 0.717) is 5.69 Å². The monoisotopic (exact) mass is 202 g/mol. The molecule has 3 heteroatoms. The average molecular weight is 202 g/mol. The molecule has 1 aromatic rings. The third kappa shape index (κ3) is 1.50. The van der Waals surface area contributed by atoms with E-state index < -0.39 is 0 Å². The first-order valence-electron chi connectivity index (χ1n) is 4.97. The topological polar surface area (TPSA) is 46.3 Å². The van der Waals surface area contributed by atoms with Crippen molar-refractivity contribution < 1.29 is 4.79 Å². The average Bonchev–Trinajstić information content (AvgIpc) is 2.17. The Morgan fingerprint density at radius 1 is 1.47 bits per heavy atom. The largest absolute Gasteiger partial charge is 0.398 e. The van der Waals surface area contributed by atoms with Crippen LogP contribution in [0.5, 0.6) is 0 Å². The number of carbonyl (C=O) groups is 1. The number of carbonyl (C=O) groups excluding carboxylic acids is 1. The summed E-state index contributed by atoms with van der Waals surface area (Å²) >= 11 is 0. The van der Waals surface area contributed by atoms with Gasteiger partial charge in [0.2, 0.25) is 5.91 Å². The number of amides is 1. The molecule has 1 aromatic carbocycles. The summed E-state index contributed by atoms with van der Waals surface area (Å²) in [5.74, 6) is 0.0405. The molecule has 0 radical (unpaired) electrons. The number of nitrogens with two attached hydrogens (primary N) is 1. The standard InChI is InChI=1S/C12H14N2O/c1-8-6-7-10-11(13)4-3-5-12(10)14(8)9(2)15/h3-8H,13H2,1-2H3. The molecular weight excluding hydrogens is 188 g/mol. The van der Waals surface area contributed by atoms with E-state index in [2.05, 4.69) is 0 Å². The van der Waals surface area contributed by atoms with Crippen LogP contribution < -0.4 is 10.6 Å². The van der Waals surface area contributed by atoms with Crippen LogP contribution in [0.15, 0.2) is 24.3 Å². The highest BCUT2D eigenvalue weighted by Crippen LogP contribution is 2.32. The van der Waals surface area contributed by atoms with Crippen molar-refractivity contribution in [2.45, 2.75) is 19.9 Å². The fourth-order valence-corrected chi connectivity index (χ4v) is 1.96. The molecule has 0 aliphatic carbocycles. The predicted molar refractivity (Wildman–Crippen MR) is 62.5 cm³/mol. The first kappa shape index (κ1) is 9.77. The summed E-state index contributed by atoms with van der Waals surface area (Å²) in [4.78, 5) is 13.3. The molecule has 3 nitrogen and oxygen atoms in total.